The number of rotatable bonds is 8. The van der Waals surface area contributed by atoms with Gasteiger partial charge in [0.2, 0.25) is 11.7 Å². The van der Waals surface area contributed by atoms with Crippen LogP contribution >= 0.6 is 11.8 Å². The highest BCUT2D eigenvalue weighted by Crippen LogP contribution is 2.45. The molecule has 0 spiro atoms. The van der Waals surface area contributed by atoms with Gasteiger partial charge in [-0.2, -0.15) is 5.26 Å². The lowest BCUT2D eigenvalue weighted by Gasteiger charge is -2.48. The average molecular weight is 734 g/mol. The first-order chi connectivity index (χ1) is 25.4. The van der Waals surface area contributed by atoms with Crippen LogP contribution in [-0.4, -0.2) is 78.2 Å². The van der Waals surface area contributed by atoms with E-state index >= 15 is 0 Å². The van der Waals surface area contributed by atoms with Crippen molar-refractivity contribution in [1.29, 1.82) is 5.26 Å². The number of imidazole rings is 1. The van der Waals surface area contributed by atoms with E-state index in [-0.39, 0.29) is 18.0 Å². The van der Waals surface area contributed by atoms with Gasteiger partial charge in [0.25, 0.3) is 0 Å². The second kappa shape index (κ2) is 13.4. The zero-order valence-corrected chi connectivity index (χ0v) is 30.6. The highest BCUT2D eigenvalue weighted by molar-refractivity contribution is 6.38. The number of fused-ring (bicyclic) bond motifs is 2. The van der Waals surface area contributed by atoms with Crippen molar-refractivity contribution in [3.63, 3.8) is 0 Å². The van der Waals surface area contributed by atoms with Crippen LogP contribution in [-0.2, 0) is 31.4 Å². The Labute approximate surface area is 311 Å². The monoisotopic (exact) mass is 733 g/mol. The largest absolute Gasteiger partial charge is 0.481 e. The maximum Gasteiger partial charge on any atom is 0.309 e. The van der Waals surface area contributed by atoms with Crippen LogP contribution in [0.1, 0.15) is 64.9 Å². The van der Waals surface area contributed by atoms with Gasteiger partial charge in [0.1, 0.15) is 11.6 Å². The fraction of sp³-hybridized carbons (Fsp3) is 0.375. The Morgan fingerprint density at radius 1 is 1.11 bits per heavy atom. The van der Waals surface area contributed by atoms with Crippen molar-refractivity contribution in [1.82, 2.24) is 24.3 Å². The molecule has 272 valence electrons. The molecule has 12 nitrogen and oxygen atoms in total. The van der Waals surface area contributed by atoms with E-state index in [4.69, 9.17) is 26.2 Å². The number of aromatic nitrogens is 3. The fourth-order valence-corrected chi connectivity index (χ4v) is 8.42. The number of likely N-dealkylation sites (tertiary alicyclic amines) is 1. The number of aliphatic carboxylic acids is 1. The first kappa shape index (κ1) is 35.0. The van der Waals surface area contributed by atoms with Gasteiger partial charge < -0.3 is 19.2 Å². The third kappa shape index (κ3) is 6.27. The minimum absolute atomic E-state index is 0.186. The van der Waals surface area contributed by atoms with Gasteiger partial charge in [0.05, 0.1) is 28.5 Å². The minimum atomic E-state index is -0.755. The Balaban J connectivity index is 1.02. The topological polar surface area (TPSA) is 152 Å². The number of nitriles is 1. The van der Waals surface area contributed by atoms with E-state index in [2.05, 4.69) is 15.9 Å². The second-order valence-electron chi connectivity index (χ2n) is 15.0. The number of hydrogen-bond donors (Lipinski definition) is 2. The summed E-state index contributed by atoms with van der Waals surface area (Å²) in [5.74, 6) is -0.552. The van der Waals surface area contributed by atoms with Crippen LogP contribution in [0, 0.1) is 23.7 Å². The van der Waals surface area contributed by atoms with Crippen LogP contribution in [0.15, 0.2) is 59.0 Å². The number of oxazole rings is 1. The number of hydrogen-bond acceptors (Lipinski definition) is 9. The summed E-state index contributed by atoms with van der Waals surface area (Å²) < 4.78 is 9.15. The molecule has 3 aliphatic rings. The molecule has 2 aliphatic heterocycles. The Morgan fingerprint density at radius 2 is 1.89 bits per heavy atom. The summed E-state index contributed by atoms with van der Waals surface area (Å²) in [4.78, 5) is 39.4. The molecule has 1 unspecified atom stereocenters. The van der Waals surface area contributed by atoms with E-state index < -0.39 is 17.3 Å². The second-order valence-corrected chi connectivity index (χ2v) is 15.3. The molecule has 0 bridgehead atoms. The molecule has 1 amide bonds. The van der Waals surface area contributed by atoms with Crippen molar-refractivity contribution in [3.05, 3.63) is 88.5 Å². The van der Waals surface area contributed by atoms with Crippen LogP contribution in [0.3, 0.4) is 0 Å². The van der Waals surface area contributed by atoms with Gasteiger partial charge in [0, 0.05) is 75.3 Å². The standard InChI is InChI=1S/C40H40ClN7O5/c1-23-30(8-5-9-31(23)37-44-32-15-24(14-26(19-42)35(32)53-37)20-46-12-10-29(49)21-46)25-6-4-7-27(16-25)48(41)38(50)36-43-33-22-47(13-11-34(33)45(36)3)28-17-40(2,18-28)39(51)52/h4-9,14-16,28-29,49H,10-13,17-18,20-22H2,1-3H3,(H,51,52). The van der Waals surface area contributed by atoms with Gasteiger partial charge in [-0.15, -0.1) is 0 Å². The zero-order valence-electron chi connectivity index (χ0n) is 29.8. The number of aliphatic hydroxyl groups excluding tert-OH is 1. The van der Waals surface area contributed by atoms with Crippen LogP contribution in [0.2, 0.25) is 0 Å². The van der Waals surface area contributed by atoms with Crippen molar-refractivity contribution in [2.24, 2.45) is 12.5 Å². The van der Waals surface area contributed by atoms with E-state index in [1.165, 1.54) is 0 Å². The lowest BCUT2D eigenvalue weighted by atomic mass is 9.66. The summed E-state index contributed by atoms with van der Waals surface area (Å²) in [5, 5.41) is 29.4. The molecule has 1 saturated heterocycles. The molecule has 8 rings (SSSR count). The fourth-order valence-electron chi connectivity index (χ4n) is 8.24. The molecule has 4 heterocycles. The number of aliphatic hydroxyl groups is 1. The summed E-state index contributed by atoms with van der Waals surface area (Å²) in [6.45, 7) is 7.15. The van der Waals surface area contributed by atoms with Gasteiger partial charge in [-0.1, -0.05) is 24.3 Å². The molecule has 1 saturated carbocycles. The number of nitrogens with zero attached hydrogens (tertiary/aromatic N) is 7. The summed E-state index contributed by atoms with van der Waals surface area (Å²) >= 11 is 6.77. The minimum Gasteiger partial charge on any atom is -0.481 e. The Bertz CT molecular complexity index is 2320. The van der Waals surface area contributed by atoms with E-state index in [0.717, 1.165) is 63.1 Å². The van der Waals surface area contributed by atoms with E-state index in [0.29, 0.717) is 67.1 Å². The van der Waals surface area contributed by atoms with Crippen molar-refractivity contribution in [2.75, 3.05) is 24.1 Å². The molecule has 5 aromatic rings. The summed E-state index contributed by atoms with van der Waals surface area (Å²) in [6, 6.07) is 19.5. The smallest absolute Gasteiger partial charge is 0.309 e. The Hall–Kier alpha value is -5.06. The first-order valence-corrected chi connectivity index (χ1v) is 18.2. The lowest BCUT2D eigenvalue weighted by Crippen LogP contribution is -2.54. The summed E-state index contributed by atoms with van der Waals surface area (Å²) in [6.07, 6.45) is 2.34. The number of halogens is 1. The van der Waals surface area contributed by atoms with E-state index in [1.807, 2.05) is 67.1 Å². The van der Waals surface area contributed by atoms with Gasteiger partial charge >= 0.3 is 11.9 Å². The number of anilines is 1. The van der Waals surface area contributed by atoms with Crippen molar-refractivity contribution >= 4 is 40.4 Å². The molecule has 0 radical (unpaired) electrons. The highest BCUT2D eigenvalue weighted by Gasteiger charge is 2.49. The third-order valence-electron chi connectivity index (χ3n) is 11.3. The molecular weight excluding hydrogens is 694 g/mol. The number of amides is 1. The summed E-state index contributed by atoms with van der Waals surface area (Å²) in [5.41, 5.74) is 7.43. The Kier molecular flexibility index (Phi) is 8.86. The predicted molar refractivity (Wildman–Crippen MR) is 199 cm³/mol. The number of benzene rings is 3. The molecule has 1 atom stereocenters. The van der Waals surface area contributed by atoms with Crippen LogP contribution < -0.4 is 4.42 Å². The maximum absolute atomic E-state index is 13.8. The molecule has 13 heteroatoms. The normalized spacial score (nSPS) is 21.7. The third-order valence-corrected chi connectivity index (χ3v) is 11.7. The van der Waals surface area contributed by atoms with Gasteiger partial charge in [0.15, 0.2) is 5.58 Å². The van der Waals surface area contributed by atoms with Crippen LogP contribution in [0.25, 0.3) is 33.7 Å². The molecule has 3 aromatic carbocycles. The molecule has 2 aromatic heterocycles. The number of carbonyl (C=O) groups excluding carboxylic acids is 1. The highest BCUT2D eigenvalue weighted by atomic mass is 35.5. The molecule has 1 aliphatic carbocycles. The van der Waals surface area contributed by atoms with Gasteiger partial charge in [-0.25, -0.2) is 14.4 Å². The van der Waals surface area contributed by atoms with E-state index in [1.54, 1.807) is 13.0 Å². The first-order valence-electron chi connectivity index (χ1n) is 17.9. The zero-order chi connectivity index (χ0) is 37.2. The number of β-amino-alcohol motifs (C(OH)–C–C–N with tert-alkyl or cyclic N) is 1. The number of carbonyl (C=O) groups is 2. The summed E-state index contributed by atoms with van der Waals surface area (Å²) in [7, 11) is 1.83. The van der Waals surface area contributed by atoms with Gasteiger partial charge in [-0.3, -0.25) is 19.4 Å². The molecule has 2 N–H and O–H groups in total. The number of carboxylic acids is 1. The number of carboxylic acid groups (broad SMARTS) is 1. The molecular formula is C40H40ClN7O5. The maximum atomic E-state index is 13.8. The average Bonchev–Trinajstić information content (AvgIpc) is 3.85. The van der Waals surface area contributed by atoms with E-state index in [9.17, 15) is 25.1 Å². The van der Waals surface area contributed by atoms with Crippen molar-refractivity contribution in [3.8, 4) is 28.7 Å². The quantitative estimate of drug-likeness (QED) is 0.180. The van der Waals surface area contributed by atoms with Crippen LogP contribution in [0.5, 0.6) is 0 Å². The molecule has 2 fully saturated rings. The molecule has 53 heavy (non-hydrogen) atoms. The Morgan fingerprint density at radius 3 is 2.62 bits per heavy atom. The predicted octanol–water partition coefficient (Wildman–Crippen LogP) is 6.05. The lowest BCUT2D eigenvalue weighted by molar-refractivity contribution is -0.157. The van der Waals surface area contributed by atoms with Crippen molar-refractivity contribution in [2.45, 2.75) is 64.8 Å². The van der Waals surface area contributed by atoms with Crippen molar-refractivity contribution < 1.29 is 24.2 Å². The van der Waals surface area contributed by atoms with Crippen LogP contribution in [0.4, 0.5) is 5.69 Å². The van der Waals surface area contributed by atoms with Gasteiger partial charge in [-0.05, 0) is 85.7 Å². The SMILES string of the molecule is Cc1c(-c2cccc(N(Cl)C(=O)c3nc4c(n3C)CCN(C3CC(C)(C(=O)O)C3)C4)c2)cccc1-c1nc2cc(CN3CCC(O)C3)cc(C#N)c2o1.